The Morgan fingerprint density at radius 1 is 1.50 bits per heavy atom. The summed E-state index contributed by atoms with van der Waals surface area (Å²) in [6.45, 7) is 3.07. The van der Waals surface area contributed by atoms with Gasteiger partial charge in [-0.15, -0.1) is 11.3 Å². The number of thiazole rings is 1. The van der Waals surface area contributed by atoms with Crippen LogP contribution in [0.3, 0.4) is 0 Å². The lowest BCUT2D eigenvalue weighted by molar-refractivity contribution is 0.162. The predicted octanol–water partition coefficient (Wildman–Crippen LogP) is 2.10. The van der Waals surface area contributed by atoms with Gasteiger partial charge in [-0.1, -0.05) is 12.8 Å². The van der Waals surface area contributed by atoms with E-state index in [0.29, 0.717) is 0 Å². The molecular formula is C13H19N3OS. The molecule has 0 amide bonds. The van der Waals surface area contributed by atoms with Crippen molar-refractivity contribution in [3.63, 3.8) is 0 Å². The maximum atomic E-state index is 9.60. The Morgan fingerprint density at radius 3 is 3.00 bits per heavy atom. The fraction of sp³-hybridized carbons (Fsp3) is 0.615. The van der Waals surface area contributed by atoms with E-state index in [-0.39, 0.29) is 12.1 Å². The van der Waals surface area contributed by atoms with E-state index in [1.54, 1.807) is 11.3 Å². The van der Waals surface area contributed by atoms with Crippen molar-refractivity contribution in [3.8, 4) is 0 Å². The van der Waals surface area contributed by atoms with Gasteiger partial charge in [0.05, 0.1) is 18.0 Å². The SMILES string of the molecule is Cc1nc2sccn2c1CNC1(CO)CCCC1. The second-order valence-corrected chi connectivity index (χ2v) is 6.07. The highest BCUT2D eigenvalue weighted by atomic mass is 32.1. The standard InChI is InChI=1S/C13H19N3OS/c1-10-11(16-6-7-18-12(16)15-10)8-14-13(9-17)4-2-3-5-13/h6-7,14,17H,2-5,8-9H2,1H3. The highest BCUT2D eigenvalue weighted by Crippen LogP contribution is 2.29. The topological polar surface area (TPSA) is 49.6 Å². The number of aliphatic hydroxyl groups excluding tert-OH is 1. The average molecular weight is 265 g/mol. The third-order valence-electron chi connectivity index (χ3n) is 4.06. The van der Waals surface area contributed by atoms with Crippen molar-refractivity contribution in [2.75, 3.05) is 6.61 Å². The Hall–Kier alpha value is -0.910. The Bertz CT molecular complexity index is 539. The van der Waals surface area contributed by atoms with E-state index in [1.807, 2.05) is 0 Å². The van der Waals surface area contributed by atoms with Crippen LogP contribution in [-0.2, 0) is 6.54 Å². The normalized spacial score (nSPS) is 18.8. The van der Waals surface area contributed by atoms with Crippen LogP contribution in [0.5, 0.6) is 0 Å². The number of nitrogens with zero attached hydrogens (tertiary/aromatic N) is 2. The van der Waals surface area contributed by atoms with E-state index >= 15 is 0 Å². The molecule has 2 aromatic rings. The summed E-state index contributed by atoms with van der Waals surface area (Å²) in [6, 6.07) is 0. The highest BCUT2D eigenvalue weighted by molar-refractivity contribution is 7.15. The van der Waals surface area contributed by atoms with E-state index in [0.717, 1.165) is 30.0 Å². The lowest BCUT2D eigenvalue weighted by Crippen LogP contribution is -2.45. The van der Waals surface area contributed by atoms with Crippen molar-refractivity contribution in [1.82, 2.24) is 14.7 Å². The van der Waals surface area contributed by atoms with E-state index < -0.39 is 0 Å². The van der Waals surface area contributed by atoms with Crippen molar-refractivity contribution in [2.24, 2.45) is 0 Å². The Balaban J connectivity index is 1.80. The minimum atomic E-state index is -0.0629. The number of nitrogens with one attached hydrogen (secondary N) is 1. The number of rotatable bonds is 4. The minimum absolute atomic E-state index is 0.0629. The molecule has 5 heteroatoms. The molecule has 4 nitrogen and oxygen atoms in total. The molecule has 1 fully saturated rings. The first-order valence-corrected chi connectivity index (χ1v) is 7.39. The van der Waals surface area contributed by atoms with Gasteiger partial charge in [-0.2, -0.15) is 0 Å². The van der Waals surface area contributed by atoms with Crippen molar-refractivity contribution in [1.29, 1.82) is 0 Å². The van der Waals surface area contributed by atoms with Crippen LogP contribution in [0.1, 0.15) is 37.1 Å². The van der Waals surface area contributed by atoms with E-state index in [1.165, 1.54) is 18.5 Å². The zero-order valence-electron chi connectivity index (χ0n) is 10.6. The molecule has 0 radical (unpaired) electrons. The van der Waals surface area contributed by atoms with Crippen molar-refractivity contribution in [3.05, 3.63) is 23.0 Å². The maximum Gasteiger partial charge on any atom is 0.194 e. The summed E-state index contributed by atoms with van der Waals surface area (Å²) in [4.78, 5) is 5.60. The van der Waals surface area contributed by atoms with Gasteiger partial charge < -0.3 is 10.4 Å². The Kier molecular flexibility index (Phi) is 3.13. The third-order valence-corrected chi connectivity index (χ3v) is 4.81. The second-order valence-electron chi connectivity index (χ2n) is 5.20. The van der Waals surface area contributed by atoms with Crippen LogP contribution < -0.4 is 5.32 Å². The maximum absolute atomic E-state index is 9.60. The molecular weight excluding hydrogens is 246 g/mol. The zero-order chi connectivity index (χ0) is 12.6. The fourth-order valence-corrected chi connectivity index (χ4v) is 3.65. The molecule has 3 rings (SSSR count). The Labute approximate surface area is 111 Å². The summed E-state index contributed by atoms with van der Waals surface area (Å²) in [6.07, 6.45) is 6.65. The van der Waals surface area contributed by atoms with Gasteiger partial charge in [0.2, 0.25) is 0 Å². The summed E-state index contributed by atoms with van der Waals surface area (Å²) in [5, 5.41) is 15.2. The summed E-state index contributed by atoms with van der Waals surface area (Å²) >= 11 is 1.66. The number of imidazole rings is 1. The fourth-order valence-electron chi connectivity index (χ4n) is 2.87. The number of hydrogen-bond acceptors (Lipinski definition) is 4. The molecule has 0 saturated heterocycles. The van der Waals surface area contributed by atoms with Crippen LogP contribution >= 0.6 is 11.3 Å². The molecule has 0 atom stereocenters. The van der Waals surface area contributed by atoms with Gasteiger partial charge in [0.25, 0.3) is 0 Å². The monoisotopic (exact) mass is 265 g/mol. The van der Waals surface area contributed by atoms with Crippen LogP contribution in [0.4, 0.5) is 0 Å². The number of fused-ring (bicyclic) bond motifs is 1. The van der Waals surface area contributed by atoms with Crippen LogP contribution in [-0.4, -0.2) is 26.6 Å². The number of aliphatic hydroxyl groups is 1. The lowest BCUT2D eigenvalue weighted by atomic mass is 9.99. The van der Waals surface area contributed by atoms with E-state index in [2.05, 4.69) is 33.2 Å². The van der Waals surface area contributed by atoms with Crippen LogP contribution in [0, 0.1) is 6.92 Å². The smallest absolute Gasteiger partial charge is 0.194 e. The van der Waals surface area contributed by atoms with Gasteiger partial charge in [0.15, 0.2) is 4.96 Å². The quantitative estimate of drug-likeness (QED) is 0.890. The molecule has 0 bridgehead atoms. The van der Waals surface area contributed by atoms with Crippen LogP contribution in [0.15, 0.2) is 11.6 Å². The minimum Gasteiger partial charge on any atom is -0.394 e. The molecule has 1 aliphatic carbocycles. The molecule has 1 saturated carbocycles. The molecule has 18 heavy (non-hydrogen) atoms. The number of aromatic nitrogens is 2. The van der Waals surface area contributed by atoms with Gasteiger partial charge in [-0.3, -0.25) is 4.40 Å². The summed E-state index contributed by atoms with van der Waals surface area (Å²) in [5.74, 6) is 0. The van der Waals surface area contributed by atoms with Crippen molar-refractivity contribution >= 4 is 16.3 Å². The molecule has 0 aliphatic heterocycles. The van der Waals surface area contributed by atoms with Gasteiger partial charge in [0, 0.05) is 23.7 Å². The largest absolute Gasteiger partial charge is 0.394 e. The molecule has 0 aromatic carbocycles. The summed E-state index contributed by atoms with van der Waals surface area (Å²) in [7, 11) is 0. The third kappa shape index (κ3) is 1.96. The Morgan fingerprint density at radius 2 is 2.28 bits per heavy atom. The van der Waals surface area contributed by atoms with Crippen molar-refractivity contribution in [2.45, 2.75) is 44.7 Å². The van der Waals surface area contributed by atoms with Gasteiger partial charge in [-0.25, -0.2) is 4.98 Å². The lowest BCUT2D eigenvalue weighted by Gasteiger charge is -2.28. The molecule has 2 aromatic heterocycles. The first-order chi connectivity index (χ1) is 8.74. The first-order valence-electron chi connectivity index (χ1n) is 6.51. The molecule has 2 heterocycles. The average Bonchev–Trinajstić information content (AvgIpc) is 3.04. The van der Waals surface area contributed by atoms with Crippen molar-refractivity contribution < 1.29 is 5.11 Å². The zero-order valence-corrected chi connectivity index (χ0v) is 11.5. The van der Waals surface area contributed by atoms with Gasteiger partial charge in [0.1, 0.15) is 0 Å². The molecule has 2 N–H and O–H groups in total. The van der Waals surface area contributed by atoms with Gasteiger partial charge >= 0.3 is 0 Å². The molecule has 1 aliphatic rings. The van der Waals surface area contributed by atoms with E-state index in [9.17, 15) is 5.11 Å². The summed E-state index contributed by atoms with van der Waals surface area (Å²) < 4.78 is 2.15. The molecule has 0 spiro atoms. The summed E-state index contributed by atoms with van der Waals surface area (Å²) in [5.41, 5.74) is 2.23. The molecule has 98 valence electrons. The van der Waals surface area contributed by atoms with Crippen LogP contribution in [0.2, 0.25) is 0 Å². The highest BCUT2D eigenvalue weighted by Gasteiger charge is 2.32. The second kappa shape index (κ2) is 4.64. The number of hydrogen-bond donors (Lipinski definition) is 2. The van der Waals surface area contributed by atoms with Crippen LogP contribution in [0.25, 0.3) is 4.96 Å². The first kappa shape index (κ1) is 12.1. The molecule has 0 unspecified atom stereocenters. The van der Waals surface area contributed by atoms with E-state index in [4.69, 9.17) is 0 Å². The number of aryl methyl sites for hydroxylation is 1. The van der Waals surface area contributed by atoms with Gasteiger partial charge in [-0.05, 0) is 19.8 Å². The predicted molar refractivity (Wildman–Crippen MR) is 72.9 cm³/mol.